The number of pyridine rings is 1. The summed E-state index contributed by atoms with van der Waals surface area (Å²) in [5.74, 6) is -0.482. The first-order valence-corrected chi connectivity index (χ1v) is 9.43. The fraction of sp³-hybridized carbons (Fsp3) is 0.368. The first-order chi connectivity index (χ1) is 12.5. The molecule has 3 heterocycles. The Morgan fingerprint density at radius 1 is 1.27 bits per heavy atom. The lowest BCUT2D eigenvalue weighted by Crippen LogP contribution is -2.48. The standard InChI is InChI=1S/C19H19F2N3OS/c1-11-4-12(8-23-7-11)17-5-13-9-26-18(22)24-19(13,10-25-17)15-3-2-14(20)6-16(15)21/h2-4,6-8,13,17H,5,9-10H2,1H3,(H2,22,24)/t13-,17+,19-/m0/s1. The van der Waals surface area contributed by atoms with Gasteiger partial charge in [-0.2, -0.15) is 0 Å². The Balaban J connectivity index is 1.72. The summed E-state index contributed by atoms with van der Waals surface area (Å²) >= 11 is 1.47. The molecule has 7 heteroatoms. The second kappa shape index (κ2) is 6.63. The highest BCUT2D eigenvalue weighted by Crippen LogP contribution is 2.49. The summed E-state index contributed by atoms with van der Waals surface area (Å²) in [5, 5.41) is 0.407. The highest BCUT2D eigenvalue weighted by atomic mass is 32.2. The SMILES string of the molecule is Cc1cncc([C@H]2C[C@H]3CSC(N)=N[C@@]3(c3ccc(F)cc3F)CO2)c1. The molecule has 1 saturated heterocycles. The van der Waals surface area contributed by atoms with Gasteiger partial charge in [-0.05, 0) is 30.5 Å². The van der Waals surface area contributed by atoms with Crippen LogP contribution in [0, 0.1) is 24.5 Å². The summed E-state index contributed by atoms with van der Waals surface area (Å²) in [4.78, 5) is 8.84. The maximum absolute atomic E-state index is 14.6. The minimum Gasteiger partial charge on any atom is -0.379 e. The number of ether oxygens (including phenoxy) is 1. The maximum Gasteiger partial charge on any atom is 0.154 e. The van der Waals surface area contributed by atoms with Crippen molar-refractivity contribution in [1.82, 2.24) is 4.98 Å². The molecule has 0 saturated carbocycles. The normalized spacial score (nSPS) is 28.3. The summed E-state index contributed by atoms with van der Waals surface area (Å²) < 4.78 is 34.1. The number of rotatable bonds is 2. The quantitative estimate of drug-likeness (QED) is 0.869. The van der Waals surface area contributed by atoms with Crippen LogP contribution < -0.4 is 5.73 Å². The largest absolute Gasteiger partial charge is 0.379 e. The number of aryl methyl sites for hydroxylation is 1. The van der Waals surface area contributed by atoms with Gasteiger partial charge in [-0.3, -0.25) is 4.98 Å². The van der Waals surface area contributed by atoms with Crippen LogP contribution in [-0.2, 0) is 10.3 Å². The van der Waals surface area contributed by atoms with E-state index in [2.05, 4.69) is 16.0 Å². The van der Waals surface area contributed by atoms with Crippen LogP contribution >= 0.6 is 11.8 Å². The summed E-state index contributed by atoms with van der Waals surface area (Å²) in [6.07, 6.45) is 4.15. The highest BCUT2D eigenvalue weighted by Gasteiger charge is 2.49. The van der Waals surface area contributed by atoms with Gasteiger partial charge in [0.25, 0.3) is 0 Å². The summed E-state index contributed by atoms with van der Waals surface area (Å²) in [5.41, 5.74) is 7.45. The molecule has 2 aliphatic rings. The minimum absolute atomic E-state index is 0.0269. The average Bonchev–Trinajstić information content (AvgIpc) is 2.61. The number of hydrogen-bond donors (Lipinski definition) is 1. The molecule has 4 rings (SSSR count). The Morgan fingerprint density at radius 2 is 2.12 bits per heavy atom. The first-order valence-electron chi connectivity index (χ1n) is 8.45. The fourth-order valence-corrected chi connectivity index (χ4v) is 4.81. The molecule has 1 fully saturated rings. The third-order valence-corrected chi connectivity index (χ3v) is 6.04. The van der Waals surface area contributed by atoms with Crippen molar-refractivity contribution in [2.24, 2.45) is 16.6 Å². The summed E-state index contributed by atoms with van der Waals surface area (Å²) in [6.45, 7) is 2.18. The molecule has 0 unspecified atom stereocenters. The van der Waals surface area contributed by atoms with Gasteiger partial charge in [0.2, 0.25) is 0 Å². The van der Waals surface area contributed by atoms with Crippen molar-refractivity contribution in [2.45, 2.75) is 25.0 Å². The number of aromatic nitrogens is 1. The molecule has 0 bridgehead atoms. The molecule has 136 valence electrons. The predicted octanol–water partition coefficient (Wildman–Crippen LogP) is 3.70. The number of benzene rings is 1. The molecule has 4 nitrogen and oxygen atoms in total. The van der Waals surface area contributed by atoms with E-state index < -0.39 is 17.2 Å². The summed E-state index contributed by atoms with van der Waals surface area (Å²) in [6, 6.07) is 5.67. The van der Waals surface area contributed by atoms with E-state index in [9.17, 15) is 8.78 Å². The molecule has 1 aromatic carbocycles. The molecule has 26 heavy (non-hydrogen) atoms. The van der Waals surface area contributed by atoms with Crippen LogP contribution in [0.25, 0.3) is 0 Å². The van der Waals surface area contributed by atoms with Crippen molar-refractivity contribution >= 4 is 16.9 Å². The Hall–Kier alpha value is -1.99. The third-order valence-electron chi connectivity index (χ3n) is 5.09. The Bertz CT molecular complexity index is 876. The number of hydrogen-bond acceptors (Lipinski definition) is 5. The van der Waals surface area contributed by atoms with Crippen LogP contribution in [0.2, 0.25) is 0 Å². The van der Waals surface area contributed by atoms with Crippen molar-refractivity contribution in [3.63, 3.8) is 0 Å². The fourth-order valence-electron chi connectivity index (χ4n) is 3.80. The van der Waals surface area contributed by atoms with E-state index in [-0.39, 0.29) is 18.6 Å². The van der Waals surface area contributed by atoms with Gasteiger partial charge >= 0.3 is 0 Å². The van der Waals surface area contributed by atoms with E-state index in [0.29, 0.717) is 22.9 Å². The third kappa shape index (κ3) is 2.99. The zero-order valence-electron chi connectivity index (χ0n) is 14.3. The zero-order chi connectivity index (χ0) is 18.3. The van der Waals surface area contributed by atoms with E-state index >= 15 is 0 Å². The number of halogens is 2. The molecule has 2 aliphatic heterocycles. The molecule has 1 aromatic heterocycles. The molecule has 0 spiro atoms. The first kappa shape index (κ1) is 17.4. The smallest absolute Gasteiger partial charge is 0.154 e. The van der Waals surface area contributed by atoms with Crippen LogP contribution in [0.3, 0.4) is 0 Å². The minimum atomic E-state index is -0.916. The van der Waals surface area contributed by atoms with E-state index in [1.807, 2.05) is 6.92 Å². The van der Waals surface area contributed by atoms with Crippen LogP contribution in [0.15, 0.2) is 41.7 Å². The Kier molecular flexibility index (Phi) is 4.44. The topological polar surface area (TPSA) is 60.5 Å². The van der Waals surface area contributed by atoms with E-state index in [1.54, 1.807) is 12.4 Å². The van der Waals surface area contributed by atoms with Crippen LogP contribution in [0.1, 0.15) is 29.2 Å². The molecule has 0 radical (unpaired) electrons. The molecular weight excluding hydrogens is 356 g/mol. The Labute approximate surface area is 154 Å². The number of amidine groups is 1. The van der Waals surface area contributed by atoms with Gasteiger partial charge in [-0.15, -0.1) is 0 Å². The van der Waals surface area contributed by atoms with Gasteiger partial charge in [0, 0.05) is 35.7 Å². The number of thioether (sulfide) groups is 1. The van der Waals surface area contributed by atoms with Gasteiger partial charge in [-0.1, -0.05) is 23.9 Å². The number of nitrogens with two attached hydrogens (primary N) is 1. The van der Waals surface area contributed by atoms with Crippen molar-refractivity contribution in [3.05, 3.63) is 65.0 Å². The van der Waals surface area contributed by atoms with E-state index in [4.69, 9.17) is 10.5 Å². The van der Waals surface area contributed by atoms with Crippen molar-refractivity contribution < 1.29 is 13.5 Å². The van der Waals surface area contributed by atoms with Gasteiger partial charge < -0.3 is 10.5 Å². The molecule has 0 aliphatic carbocycles. The van der Waals surface area contributed by atoms with Gasteiger partial charge in [0.1, 0.15) is 17.2 Å². The monoisotopic (exact) mass is 375 g/mol. The lowest BCUT2D eigenvalue weighted by molar-refractivity contribution is -0.0589. The number of nitrogens with zero attached hydrogens (tertiary/aromatic N) is 2. The van der Waals surface area contributed by atoms with Crippen LogP contribution in [0.4, 0.5) is 8.78 Å². The second-order valence-corrected chi connectivity index (χ2v) is 7.88. The molecule has 0 amide bonds. The van der Waals surface area contributed by atoms with Crippen LogP contribution in [0.5, 0.6) is 0 Å². The second-order valence-electron chi connectivity index (χ2n) is 6.84. The van der Waals surface area contributed by atoms with Crippen molar-refractivity contribution in [1.29, 1.82) is 0 Å². The summed E-state index contributed by atoms with van der Waals surface area (Å²) in [7, 11) is 0. The number of fused-ring (bicyclic) bond motifs is 1. The maximum atomic E-state index is 14.6. The van der Waals surface area contributed by atoms with Crippen LogP contribution in [-0.4, -0.2) is 22.5 Å². The highest BCUT2D eigenvalue weighted by molar-refractivity contribution is 8.13. The van der Waals surface area contributed by atoms with Crippen molar-refractivity contribution in [3.8, 4) is 0 Å². The van der Waals surface area contributed by atoms with Gasteiger partial charge in [0.15, 0.2) is 5.17 Å². The lowest BCUT2D eigenvalue weighted by atomic mass is 9.74. The average molecular weight is 375 g/mol. The van der Waals surface area contributed by atoms with Gasteiger partial charge in [0.05, 0.1) is 12.7 Å². The predicted molar refractivity (Wildman–Crippen MR) is 97.9 cm³/mol. The molecule has 2 aromatic rings. The number of aliphatic imine (C=N–C) groups is 1. The van der Waals surface area contributed by atoms with Gasteiger partial charge in [-0.25, -0.2) is 13.8 Å². The zero-order valence-corrected chi connectivity index (χ0v) is 15.1. The van der Waals surface area contributed by atoms with E-state index in [1.165, 1.54) is 23.9 Å². The molecule has 2 N–H and O–H groups in total. The molecule has 3 atom stereocenters. The molecular formula is C19H19F2N3OS. The van der Waals surface area contributed by atoms with E-state index in [0.717, 1.165) is 17.2 Å². The lowest BCUT2D eigenvalue weighted by Gasteiger charge is -2.46. The Morgan fingerprint density at radius 3 is 2.88 bits per heavy atom. The van der Waals surface area contributed by atoms with Crippen molar-refractivity contribution in [2.75, 3.05) is 12.4 Å².